The second-order valence-corrected chi connectivity index (χ2v) is 6.79. The second kappa shape index (κ2) is 6.06. The van der Waals surface area contributed by atoms with Gasteiger partial charge in [0.05, 0.1) is 0 Å². The summed E-state index contributed by atoms with van der Waals surface area (Å²) in [4.78, 5) is 13.8. The molecular weight excluding hydrogens is 264 g/mol. The predicted octanol–water partition coefficient (Wildman–Crippen LogP) is 3.22. The molecule has 0 bridgehead atoms. The van der Waals surface area contributed by atoms with Crippen LogP contribution in [0.2, 0.25) is 0 Å². The van der Waals surface area contributed by atoms with Gasteiger partial charge in [0.2, 0.25) is 0 Å². The molecule has 1 aromatic heterocycles. The third-order valence-corrected chi connectivity index (χ3v) is 3.86. The largest absolute Gasteiger partial charge is 0.455 e. The molecular formula is C17H26N2O2. The van der Waals surface area contributed by atoms with E-state index in [1.165, 1.54) is 0 Å². The smallest absolute Gasteiger partial charge is 0.284 e. The standard InChI is InChI=1S/C17H26N2O2/c1-5-7-13-8-6-9-19(13)11-12-10-14(16(18)20)21-15(12)17(2,3)4/h6,8,10,13H,5,7,9,11H2,1-4H3,(H2,18,20). The van der Waals surface area contributed by atoms with Crippen molar-refractivity contribution in [2.45, 2.75) is 58.5 Å². The van der Waals surface area contributed by atoms with Gasteiger partial charge in [-0.05, 0) is 12.5 Å². The zero-order valence-corrected chi connectivity index (χ0v) is 13.5. The van der Waals surface area contributed by atoms with Crippen molar-refractivity contribution in [2.75, 3.05) is 6.54 Å². The molecule has 0 saturated heterocycles. The molecule has 4 nitrogen and oxygen atoms in total. The van der Waals surface area contributed by atoms with E-state index in [0.717, 1.165) is 37.3 Å². The van der Waals surface area contributed by atoms with E-state index in [0.29, 0.717) is 6.04 Å². The Bertz CT molecular complexity index is 537. The first-order valence-electron chi connectivity index (χ1n) is 7.66. The average molecular weight is 290 g/mol. The van der Waals surface area contributed by atoms with Gasteiger partial charge in [0.1, 0.15) is 5.76 Å². The van der Waals surface area contributed by atoms with Crippen LogP contribution in [0, 0.1) is 0 Å². The molecule has 0 spiro atoms. The SMILES string of the molecule is CCCC1C=CCN1Cc1cc(C(N)=O)oc1C(C)(C)C. The lowest BCUT2D eigenvalue weighted by molar-refractivity contribution is 0.0970. The summed E-state index contributed by atoms with van der Waals surface area (Å²) >= 11 is 0. The number of furan rings is 1. The van der Waals surface area contributed by atoms with Crippen molar-refractivity contribution in [1.29, 1.82) is 0 Å². The number of nitrogens with two attached hydrogens (primary N) is 1. The highest BCUT2D eigenvalue weighted by Crippen LogP contribution is 2.31. The summed E-state index contributed by atoms with van der Waals surface area (Å²) in [7, 11) is 0. The van der Waals surface area contributed by atoms with Gasteiger partial charge in [0.25, 0.3) is 5.91 Å². The summed E-state index contributed by atoms with van der Waals surface area (Å²) in [6, 6.07) is 2.29. The van der Waals surface area contributed by atoms with E-state index in [1.807, 2.05) is 6.07 Å². The fourth-order valence-corrected chi connectivity index (χ4v) is 2.89. The monoisotopic (exact) mass is 290 g/mol. The third-order valence-electron chi connectivity index (χ3n) is 3.86. The van der Waals surface area contributed by atoms with E-state index in [-0.39, 0.29) is 11.2 Å². The highest BCUT2D eigenvalue weighted by atomic mass is 16.4. The van der Waals surface area contributed by atoms with Gasteiger partial charge in [-0.3, -0.25) is 9.69 Å². The van der Waals surface area contributed by atoms with E-state index < -0.39 is 5.91 Å². The lowest BCUT2D eigenvalue weighted by atomic mass is 9.90. The highest BCUT2D eigenvalue weighted by molar-refractivity contribution is 5.90. The number of carbonyl (C=O) groups excluding carboxylic acids is 1. The van der Waals surface area contributed by atoms with E-state index >= 15 is 0 Å². The molecule has 1 atom stereocenters. The van der Waals surface area contributed by atoms with E-state index in [9.17, 15) is 4.79 Å². The van der Waals surface area contributed by atoms with E-state index in [2.05, 4.69) is 44.7 Å². The van der Waals surface area contributed by atoms with Gasteiger partial charge in [0, 0.05) is 30.1 Å². The summed E-state index contributed by atoms with van der Waals surface area (Å²) in [6.45, 7) is 10.2. The highest BCUT2D eigenvalue weighted by Gasteiger charge is 2.28. The van der Waals surface area contributed by atoms with Gasteiger partial charge in [-0.2, -0.15) is 0 Å². The fourth-order valence-electron chi connectivity index (χ4n) is 2.89. The van der Waals surface area contributed by atoms with E-state index in [1.54, 1.807) is 0 Å². The molecule has 1 aliphatic heterocycles. The summed E-state index contributed by atoms with van der Waals surface area (Å²) < 4.78 is 5.72. The summed E-state index contributed by atoms with van der Waals surface area (Å²) in [5.74, 6) is 0.615. The quantitative estimate of drug-likeness (QED) is 0.847. The van der Waals surface area contributed by atoms with Crippen LogP contribution in [0.25, 0.3) is 0 Å². The van der Waals surface area contributed by atoms with Crippen LogP contribution >= 0.6 is 0 Å². The third kappa shape index (κ3) is 3.56. The molecule has 2 rings (SSSR count). The van der Waals surface area contributed by atoms with Crippen molar-refractivity contribution in [3.05, 3.63) is 35.3 Å². The van der Waals surface area contributed by atoms with Crippen molar-refractivity contribution in [3.63, 3.8) is 0 Å². The van der Waals surface area contributed by atoms with Crippen molar-refractivity contribution in [1.82, 2.24) is 4.90 Å². The number of hydrogen-bond donors (Lipinski definition) is 1. The second-order valence-electron chi connectivity index (χ2n) is 6.79. The number of primary amides is 1. The topological polar surface area (TPSA) is 59.5 Å². The van der Waals surface area contributed by atoms with Crippen molar-refractivity contribution in [3.8, 4) is 0 Å². The van der Waals surface area contributed by atoms with Crippen molar-refractivity contribution < 1.29 is 9.21 Å². The molecule has 0 aliphatic carbocycles. The molecule has 0 fully saturated rings. The van der Waals surface area contributed by atoms with Gasteiger partial charge in [-0.1, -0.05) is 46.3 Å². The van der Waals surface area contributed by atoms with Crippen LogP contribution in [0.4, 0.5) is 0 Å². The molecule has 1 aliphatic rings. The minimum atomic E-state index is -0.503. The summed E-state index contributed by atoms with van der Waals surface area (Å²) in [5, 5.41) is 0. The number of amides is 1. The molecule has 4 heteroatoms. The fraction of sp³-hybridized carbons (Fsp3) is 0.588. The maximum atomic E-state index is 11.4. The Morgan fingerprint density at radius 2 is 2.19 bits per heavy atom. The minimum absolute atomic E-state index is 0.142. The molecule has 1 amide bonds. The molecule has 116 valence electrons. The van der Waals surface area contributed by atoms with Gasteiger partial charge in [-0.25, -0.2) is 0 Å². The summed E-state index contributed by atoms with van der Waals surface area (Å²) in [6.07, 6.45) is 6.80. The molecule has 21 heavy (non-hydrogen) atoms. The minimum Gasteiger partial charge on any atom is -0.455 e. The maximum absolute atomic E-state index is 11.4. The lowest BCUT2D eigenvalue weighted by Crippen LogP contribution is -2.30. The Morgan fingerprint density at radius 3 is 2.76 bits per heavy atom. The Morgan fingerprint density at radius 1 is 1.48 bits per heavy atom. The first kappa shape index (κ1) is 15.8. The Kier molecular flexibility index (Phi) is 4.57. The van der Waals surface area contributed by atoms with Crippen LogP contribution < -0.4 is 5.73 Å². The molecule has 0 saturated carbocycles. The Balaban J connectivity index is 2.24. The molecule has 0 aromatic carbocycles. The lowest BCUT2D eigenvalue weighted by Gasteiger charge is -2.25. The molecule has 2 heterocycles. The van der Waals surface area contributed by atoms with Gasteiger partial charge >= 0.3 is 0 Å². The number of hydrogen-bond acceptors (Lipinski definition) is 3. The molecule has 0 radical (unpaired) electrons. The van der Waals surface area contributed by atoms with Crippen LogP contribution in [0.1, 0.15) is 62.4 Å². The average Bonchev–Trinajstić information content (AvgIpc) is 2.97. The van der Waals surface area contributed by atoms with E-state index in [4.69, 9.17) is 10.2 Å². The molecule has 1 aromatic rings. The van der Waals surface area contributed by atoms with Crippen LogP contribution in [0.5, 0.6) is 0 Å². The summed E-state index contributed by atoms with van der Waals surface area (Å²) in [5.41, 5.74) is 6.29. The molecule has 1 unspecified atom stereocenters. The van der Waals surface area contributed by atoms with Crippen molar-refractivity contribution >= 4 is 5.91 Å². The van der Waals surface area contributed by atoms with Gasteiger partial charge < -0.3 is 10.2 Å². The van der Waals surface area contributed by atoms with Crippen LogP contribution in [-0.4, -0.2) is 23.4 Å². The Hall–Kier alpha value is -1.55. The predicted molar refractivity (Wildman–Crippen MR) is 84.2 cm³/mol. The van der Waals surface area contributed by atoms with Crippen LogP contribution in [0.3, 0.4) is 0 Å². The van der Waals surface area contributed by atoms with Gasteiger partial charge in [0.15, 0.2) is 5.76 Å². The zero-order valence-electron chi connectivity index (χ0n) is 13.5. The first-order valence-corrected chi connectivity index (χ1v) is 7.66. The van der Waals surface area contributed by atoms with Crippen molar-refractivity contribution in [2.24, 2.45) is 5.73 Å². The Labute approximate surface area is 127 Å². The molecule has 2 N–H and O–H groups in total. The normalized spacial score (nSPS) is 19.3. The zero-order chi connectivity index (χ0) is 15.6. The first-order chi connectivity index (χ1) is 9.82. The number of nitrogens with zero attached hydrogens (tertiary/aromatic N) is 1. The van der Waals surface area contributed by atoms with Crippen LogP contribution in [0.15, 0.2) is 22.6 Å². The maximum Gasteiger partial charge on any atom is 0.284 e. The van der Waals surface area contributed by atoms with Crippen LogP contribution in [-0.2, 0) is 12.0 Å². The number of rotatable bonds is 5. The number of carbonyl (C=O) groups is 1. The van der Waals surface area contributed by atoms with Gasteiger partial charge in [-0.15, -0.1) is 0 Å².